The zero-order valence-corrected chi connectivity index (χ0v) is 11.2. The van der Waals surface area contributed by atoms with Gasteiger partial charge in [-0.3, -0.25) is 4.68 Å². The topological polar surface area (TPSA) is 55.6 Å². The van der Waals surface area contributed by atoms with Crippen molar-refractivity contribution in [2.24, 2.45) is 7.05 Å². The Labute approximate surface area is 111 Å². The Morgan fingerprint density at radius 3 is 2.74 bits per heavy atom. The van der Waals surface area contributed by atoms with Crippen molar-refractivity contribution >= 4 is 22.5 Å². The van der Waals surface area contributed by atoms with Crippen molar-refractivity contribution in [1.82, 2.24) is 19.7 Å². The van der Waals surface area contributed by atoms with Crippen LogP contribution in [0.3, 0.4) is 0 Å². The molecule has 0 spiro atoms. The van der Waals surface area contributed by atoms with E-state index < -0.39 is 0 Å². The van der Waals surface area contributed by atoms with E-state index in [1.54, 1.807) is 6.20 Å². The van der Waals surface area contributed by atoms with E-state index in [0.717, 1.165) is 22.3 Å². The largest absolute Gasteiger partial charge is 0.321 e. The lowest BCUT2D eigenvalue weighted by atomic mass is 10.2. The molecule has 5 nitrogen and oxygen atoms in total. The highest BCUT2D eigenvalue weighted by Crippen LogP contribution is 2.19. The van der Waals surface area contributed by atoms with E-state index in [-0.39, 0.29) is 0 Å². The number of fused-ring (bicyclic) bond motifs is 1. The summed E-state index contributed by atoms with van der Waals surface area (Å²) >= 11 is 0. The maximum absolute atomic E-state index is 4.50. The Kier molecular flexibility index (Phi) is 2.67. The van der Waals surface area contributed by atoms with Gasteiger partial charge >= 0.3 is 0 Å². The highest BCUT2D eigenvalue weighted by molar-refractivity contribution is 5.79. The summed E-state index contributed by atoms with van der Waals surface area (Å²) < 4.78 is 1.81. The van der Waals surface area contributed by atoms with Crippen molar-refractivity contribution in [3.8, 4) is 0 Å². The first kappa shape index (κ1) is 11.6. The van der Waals surface area contributed by atoms with Crippen LogP contribution in [0.15, 0.2) is 30.6 Å². The molecule has 0 unspecified atom stereocenters. The monoisotopic (exact) mass is 253 g/mol. The Morgan fingerprint density at radius 2 is 2.00 bits per heavy atom. The zero-order valence-electron chi connectivity index (χ0n) is 11.2. The molecule has 0 aliphatic carbocycles. The standard InChI is InChI=1S/C14H15N5/c1-9-4-5-12-11(6-9)7-15-14(17-12)18-13-8-16-19(3)10(13)2/h4-8H,1-3H3,(H,15,17,18). The van der Waals surface area contributed by atoms with Gasteiger partial charge < -0.3 is 5.32 Å². The average molecular weight is 253 g/mol. The quantitative estimate of drug-likeness (QED) is 0.763. The van der Waals surface area contributed by atoms with E-state index in [9.17, 15) is 0 Å². The van der Waals surface area contributed by atoms with Crippen LogP contribution in [0.1, 0.15) is 11.3 Å². The molecule has 19 heavy (non-hydrogen) atoms. The molecule has 5 heteroatoms. The van der Waals surface area contributed by atoms with Crippen molar-refractivity contribution in [1.29, 1.82) is 0 Å². The third kappa shape index (κ3) is 2.14. The molecule has 96 valence electrons. The molecule has 2 heterocycles. The maximum Gasteiger partial charge on any atom is 0.227 e. The molecule has 0 fully saturated rings. The van der Waals surface area contributed by atoms with E-state index in [4.69, 9.17) is 0 Å². The normalized spacial score (nSPS) is 10.9. The van der Waals surface area contributed by atoms with Crippen molar-refractivity contribution in [2.45, 2.75) is 13.8 Å². The van der Waals surface area contributed by atoms with Crippen molar-refractivity contribution < 1.29 is 0 Å². The van der Waals surface area contributed by atoms with Crippen LogP contribution < -0.4 is 5.32 Å². The van der Waals surface area contributed by atoms with Gasteiger partial charge in [0.2, 0.25) is 5.95 Å². The van der Waals surface area contributed by atoms with Crippen LogP contribution >= 0.6 is 0 Å². The van der Waals surface area contributed by atoms with Gasteiger partial charge in [0.25, 0.3) is 0 Å². The first-order valence-electron chi connectivity index (χ1n) is 6.12. The van der Waals surface area contributed by atoms with Gasteiger partial charge in [0.1, 0.15) is 0 Å². The second-order valence-electron chi connectivity index (χ2n) is 4.65. The number of aryl methyl sites for hydroxylation is 2. The lowest BCUT2D eigenvalue weighted by molar-refractivity contribution is 0.740. The molecule has 0 aliphatic heterocycles. The number of anilines is 2. The zero-order chi connectivity index (χ0) is 13.4. The van der Waals surface area contributed by atoms with Gasteiger partial charge in [-0.25, -0.2) is 9.97 Å². The fourth-order valence-electron chi connectivity index (χ4n) is 1.95. The minimum Gasteiger partial charge on any atom is -0.321 e. The smallest absolute Gasteiger partial charge is 0.227 e. The van der Waals surface area contributed by atoms with Crippen LogP contribution in [-0.2, 0) is 7.05 Å². The number of nitrogens with zero attached hydrogens (tertiary/aromatic N) is 4. The minimum absolute atomic E-state index is 0.590. The molecule has 0 aliphatic rings. The Morgan fingerprint density at radius 1 is 1.16 bits per heavy atom. The van der Waals surface area contributed by atoms with Crippen molar-refractivity contribution in [2.75, 3.05) is 5.32 Å². The second kappa shape index (κ2) is 4.35. The molecule has 0 bridgehead atoms. The molecular weight excluding hydrogens is 238 g/mol. The predicted molar refractivity (Wildman–Crippen MR) is 75.5 cm³/mol. The lowest BCUT2D eigenvalue weighted by Crippen LogP contribution is -1.99. The number of rotatable bonds is 2. The third-order valence-corrected chi connectivity index (χ3v) is 3.22. The van der Waals surface area contributed by atoms with Crippen LogP contribution in [0.4, 0.5) is 11.6 Å². The first-order chi connectivity index (χ1) is 9.13. The van der Waals surface area contributed by atoms with E-state index in [0.29, 0.717) is 5.95 Å². The first-order valence-corrected chi connectivity index (χ1v) is 6.12. The number of hydrogen-bond donors (Lipinski definition) is 1. The maximum atomic E-state index is 4.50. The van der Waals surface area contributed by atoms with Gasteiger partial charge in [-0.2, -0.15) is 5.10 Å². The number of benzene rings is 1. The molecule has 3 rings (SSSR count). The number of hydrogen-bond acceptors (Lipinski definition) is 4. The van der Waals surface area contributed by atoms with Gasteiger partial charge in [-0.1, -0.05) is 11.6 Å². The van der Waals surface area contributed by atoms with E-state index in [1.165, 1.54) is 5.56 Å². The van der Waals surface area contributed by atoms with Gasteiger partial charge in [-0.05, 0) is 26.0 Å². The van der Waals surface area contributed by atoms with Crippen LogP contribution in [-0.4, -0.2) is 19.7 Å². The summed E-state index contributed by atoms with van der Waals surface area (Å²) in [7, 11) is 1.91. The molecule has 0 atom stereocenters. The fourth-order valence-corrected chi connectivity index (χ4v) is 1.95. The minimum atomic E-state index is 0.590. The van der Waals surface area contributed by atoms with Gasteiger partial charge in [-0.15, -0.1) is 0 Å². The van der Waals surface area contributed by atoms with Gasteiger partial charge in [0, 0.05) is 18.6 Å². The van der Waals surface area contributed by atoms with Crippen molar-refractivity contribution in [3.63, 3.8) is 0 Å². The van der Waals surface area contributed by atoms with E-state index in [2.05, 4.69) is 39.4 Å². The van der Waals surface area contributed by atoms with Crippen LogP contribution in [0.2, 0.25) is 0 Å². The summed E-state index contributed by atoms with van der Waals surface area (Å²) in [5.41, 5.74) is 4.12. The number of aromatic nitrogens is 4. The summed E-state index contributed by atoms with van der Waals surface area (Å²) in [6.07, 6.45) is 3.61. The van der Waals surface area contributed by atoms with Crippen LogP contribution in [0, 0.1) is 13.8 Å². The molecule has 2 aromatic heterocycles. The van der Waals surface area contributed by atoms with Gasteiger partial charge in [0.05, 0.1) is 23.1 Å². The van der Waals surface area contributed by atoms with Crippen LogP contribution in [0.25, 0.3) is 10.9 Å². The Balaban J connectivity index is 1.97. The Bertz CT molecular complexity index is 745. The molecular formula is C14H15N5. The van der Waals surface area contributed by atoms with Gasteiger partial charge in [0.15, 0.2) is 0 Å². The summed E-state index contributed by atoms with van der Waals surface area (Å²) in [5.74, 6) is 0.590. The highest BCUT2D eigenvalue weighted by atomic mass is 15.3. The fraction of sp³-hybridized carbons (Fsp3) is 0.214. The molecule has 1 aromatic carbocycles. The summed E-state index contributed by atoms with van der Waals surface area (Å²) in [5, 5.41) is 8.43. The van der Waals surface area contributed by atoms with E-state index >= 15 is 0 Å². The average Bonchev–Trinajstić information content (AvgIpc) is 2.71. The SMILES string of the molecule is Cc1ccc2nc(Nc3cnn(C)c3C)ncc2c1. The molecule has 0 saturated heterocycles. The molecule has 0 saturated carbocycles. The molecule has 3 aromatic rings. The summed E-state index contributed by atoms with van der Waals surface area (Å²) in [6.45, 7) is 4.06. The predicted octanol–water partition coefficient (Wildman–Crippen LogP) is 2.72. The Hall–Kier alpha value is -2.43. The summed E-state index contributed by atoms with van der Waals surface area (Å²) in [4.78, 5) is 8.84. The summed E-state index contributed by atoms with van der Waals surface area (Å²) in [6, 6.07) is 6.14. The molecule has 0 amide bonds. The third-order valence-electron chi connectivity index (χ3n) is 3.22. The van der Waals surface area contributed by atoms with Crippen LogP contribution in [0.5, 0.6) is 0 Å². The van der Waals surface area contributed by atoms with E-state index in [1.807, 2.05) is 30.9 Å². The lowest BCUT2D eigenvalue weighted by Gasteiger charge is -2.05. The second-order valence-corrected chi connectivity index (χ2v) is 4.65. The number of nitrogens with one attached hydrogen (secondary N) is 1. The van der Waals surface area contributed by atoms with Crippen molar-refractivity contribution in [3.05, 3.63) is 41.9 Å². The molecule has 0 radical (unpaired) electrons. The molecule has 1 N–H and O–H groups in total. The highest BCUT2D eigenvalue weighted by Gasteiger charge is 2.06.